The van der Waals surface area contributed by atoms with Crippen LogP contribution in [0.4, 0.5) is 0 Å². The number of hydrogen-bond acceptors (Lipinski definition) is 9. The molecule has 3 N–H and O–H groups in total. The van der Waals surface area contributed by atoms with Crippen LogP contribution in [0.5, 0.6) is 0 Å². The molecule has 182 valence electrons. The van der Waals surface area contributed by atoms with Crippen molar-refractivity contribution in [1.29, 1.82) is 0 Å². The van der Waals surface area contributed by atoms with Crippen molar-refractivity contribution in [2.45, 2.75) is 44.4 Å². The van der Waals surface area contributed by atoms with Gasteiger partial charge >= 0.3 is 17.9 Å². The molecule has 1 aliphatic carbocycles. The monoisotopic (exact) mass is 463 g/mol. The number of aliphatic hydroxyl groups is 3. The number of carbonyl (C=O) groups is 3. The van der Waals surface area contributed by atoms with Crippen LogP contribution in [0.3, 0.4) is 0 Å². The van der Waals surface area contributed by atoms with Crippen molar-refractivity contribution in [2.24, 2.45) is 23.2 Å². The molecule has 33 heavy (non-hydrogen) atoms. The maximum Gasteiger partial charge on any atom is 0.336 e. The minimum atomic E-state index is -1.26. The second-order valence-corrected chi connectivity index (χ2v) is 9.48. The van der Waals surface area contributed by atoms with E-state index in [0.29, 0.717) is 18.5 Å². The van der Waals surface area contributed by atoms with Gasteiger partial charge in [0.1, 0.15) is 12.1 Å². The van der Waals surface area contributed by atoms with Crippen LogP contribution in [-0.2, 0) is 23.9 Å². The molecule has 3 rings (SSSR count). The van der Waals surface area contributed by atoms with Gasteiger partial charge in [-0.05, 0) is 36.8 Å². The summed E-state index contributed by atoms with van der Waals surface area (Å²) in [6, 6.07) is -0.517. The summed E-state index contributed by atoms with van der Waals surface area (Å²) in [5.41, 5.74) is -0.623. The summed E-state index contributed by atoms with van der Waals surface area (Å²) in [5, 5.41) is 30.6. The fourth-order valence-electron chi connectivity index (χ4n) is 5.61. The van der Waals surface area contributed by atoms with Crippen LogP contribution in [0.15, 0.2) is 37.0 Å². The van der Waals surface area contributed by atoms with E-state index in [2.05, 4.69) is 19.7 Å². The molecule has 3 aliphatic rings. The van der Waals surface area contributed by atoms with Crippen molar-refractivity contribution in [3.8, 4) is 0 Å². The van der Waals surface area contributed by atoms with Crippen LogP contribution in [-0.4, -0.2) is 82.7 Å². The zero-order valence-electron chi connectivity index (χ0n) is 18.9. The van der Waals surface area contributed by atoms with Gasteiger partial charge in [0.15, 0.2) is 0 Å². The molecule has 0 radical (unpaired) electrons. The minimum absolute atomic E-state index is 0.162. The van der Waals surface area contributed by atoms with Crippen molar-refractivity contribution < 1.29 is 39.2 Å². The predicted octanol–water partition coefficient (Wildman–Crippen LogP) is 0.349. The fraction of sp³-hybridized carbons (Fsp3) is 0.625. The van der Waals surface area contributed by atoms with Gasteiger partial charge in [-0.1, -0.05) is 26.2 Å². The molecule has 0 amide bonds. The largest absolute Gasteiger partial charge is 0.459 e. The van der Waals surface area contributed by atoms with Gasteiger partial charge in [-0.25, -0.2) is 9.59 Å². The molecule has 7 atom stereocenters. The number of fused-ring (bicyclic) bond motifs is 1. The second kappa shape index (κ2) is 9.89. The van der Waals surface area contributed by atoms with E-state index in [1.54, 1.807) is 13.0 Å². The third kappa shape index (κ3) is 4.68. The van der Waals surface area contributed by atoms with E-state index < -0.39 is 65.9 Å². The highest BCUT2D eigenvalue weighted by atomic mass is 16.6. The van der Waals surface area contributed by atoms with Gasteiger partial charge in [0.2, 0.25) is 0 Å². The van der Waals surface area contributed by atoms with Crippen LogP contribution in [0.1, 0.15) is 26.2 Å². The van der Waals surface area contributed by atoms with Crippen molar-refractivity contribution >= 4 is 17.9 Å². The van der Waals surface area contributed by atoms with Crippen molar-refractivity contribution in [2.75, 3.05) is 26.3 Å². The number of rotatable bonds is 7. The molecule has 0 spiro atoms. The summed E-state index contributed by atoms with van der Waals surface area (Å²) in [4.78, 5) is 39.8. The Labute approximate surface area is 193 Å². The topological polar surface area (TPSA) is 134 Å². The summed E-state index contributed by atoms with van der Waals surface area (Å²) in [7, 11) is 0. The Morgan fingerprint density at radius 2 is 1.97 bits per heavy atom. The Bertz CT molecular complexity index is 853. The molecule has 2 aliphatic heterocycles. The molecular weight excluding hydrogens is 430 g/mol. The molecule has 2 heterocycles. The zero-order valence-corrected chi connectivity index (χ0v) is 18.9. The van der Waals surface area contributed by atoms with Crippen LogP contribution >= 0.6 is 0 Å². The van der Waals surface area contributed by atoms with Crippen molar-refractivity contribution in [3.05, 3.63) is 37.0 Å². The van der Waals surface area contributed by atoms with Gasteiger partial charge in [-0.15, -0.1) is 6.58 Å². The first-order valence-electron chi connectivity index (χ1n) is 11.2. The number of aliphatic hydroxyl groups excluding tert-OH is 3. The molecule has 9 nitrogen and oxygen atoms in total. The van der Waals surface area contributed by atoms with E-state index in [-0.39, 0.29) is 25.1 Å². The predicted molar refractivity (Wildman–Crippen MR) is 117 cm³/mol. The average molecular weight is 464 g/mol. The van der Waals surface area contributed by atoms with E-state index in [1.165, 1.54) is 0 Å². The van der Waals surface area contributed by atoms with Crippen molar-refractivity contribution in [1.82, 2.24) is 4.90 Å². The maximum absolute atomic E-state index is 13.0. The lowest BCUT2D eigenvalue weighted by Crippen LogP contribution is -2.57. The Morgan fingerprint density at radius 1 is 1.27 bits per heavy atom. The van der Waals surface area contributed by atoms with Crippen LogP contribution in [0.2, 0.25) is 0 Å². The summed E-state index contributed by atoms with van der Waals surface area (Å²) in [6.45, 7) is 12.9. The Kier molecular flexibility index (Phi) is 7.58. The first kappa shape index (κ1) is 25.3. The minimum Gasteiger partial charge on any atom is -0.459 e. The second-order valence-electron chi connectivity index (χ2n) is 9.48. The highest BCUT2D eigenvalue weighted by Crippen LogP contribution is 2.51. The number of carbonyl (C=O) groups excluding carboxylic acids is 3. The Balaban J connectivity index is 2.04. The first-order chi connectivity index (χ1) is 15.6. The smallest absolute Gasteiger partial charge is 0.336 e. The van der Waals surface area contributed by atoms with E-state index in [9.17, 15) is 29.7 Å². The zero-order chi connectivity index (χ0) is 24.5. The van der Waals surface area contributed by atoms with Gasteiger partial charge in [-0.2, -0.15) is 0 Å². The quantitative estimate of drug-likeness (QED) is 0.212. The summed E-state index contributed by atoms with van der Waals surface area (Å²) in [6.07, 6.45) is 0.931. The van der Waals surface area contributed by atoms with Crippen LogP contribution < -0.4 is 0 Å². The first-order valence-corrected chi connectivity index (χ1v) is 11.2. The molecule has 2 unspecified atom stereocenters. The van der Waals surface area contributed by atoms with Gasteiger partial charge in [-0.3, -0.25) is 9.69 Å². The normalized spacial score (nSPS) is 37.0. The molecule has 0 bridgehead atoms. The van der Waals surface area contributed by atoms with Crippen molar-refractivity contribution in [3.63, 3.8) is 0 Å². The molecule has 9 heteroatoms. The number of ether oxygens (including phenoxy) is 2. The molecule has 2 saturated heterocycles. The number of esters is 3. The molecule has 0 aromatic carbocycles. The summed E-state index contributed by atoms with van der Waals surface area (Å²) in [5.74, 6) is -4.82. The van der Waals surface area contributed by atoms with E-state index in [0.717, 1.165) is 6.42 Å². The van der Waals surface area contributed by atoms with E-state index in [1.807, 2.05) is 4.90 Å². The van der Waals surface area contributed by atoms with Crippen LogP contribution in [0, 0.1) is 23.2 Å². The highest BCUT2D eigenvalue weighted by Gasteiger charge is 2.56. The third-order valence-electron chi connectivity index (χ3n) is 7.40. The molecule has 1 saturated carbocycles. The molecular formula is C24H33NO8. The van der Waals surface area contributed by atoms with Crippen LogP contribution in [0.25, 0.3) is 0 Å². The number of hydrogen-bond donors (Lipinski definition) is 3. The Hall–Kier alpha value is -2.33. The average Bonchev–Trinajstić information content (AvgIpc) is 3.21. The fourth-order valence-corrected chi connectivity index (χ4v) is 5.61. The summed E-state index contributed by atoms with van der Waals surface area (Å²) >= 11 is 0. The molecule has 0 aromatic heterocycles. The van der Waals surface area contributed by atoms with Gasteiger partial charge < -0.3 is 24.8 Å². The molecule has 0 aromatic rings. The Morgan fingerprint density at radius 3 is 2.58 bits per heavy atom. The maximum atomic E-state index is 13.0. The van der Waals surface area contributed by atoms with E-state index >= 15 is 0 Å². The standard InChI is InChI=1S/C24H33NO8/c1-5-24(4)9-17(32-21(29)14(3)12-27)18(20(28)19(24)13(2)11-26)15-10-25-8-6-7-16(25)23(31)33-22(15)30/h5,15-20,26-28H,1-3,6-12H2,4H3/t15-,16?,17+,18-,19?,20+,24-/m1/s1. The SMILES string of the molecule is C=C[C@]1(C)C[C@H](OC(=O)C(=C)CO)[C@@H]([C@H]2CN3CCCC3C(=O)OC2=O)[C@H](O)C1C(=C)CO. The van der Waals surface area contributed by atoms with Gasteiger partial charge in [0.05, 0.1) is 30.8 Å². The number of nitrogens with zero attached hydrogens (tertiary/aromatic N) is 1. The lowest BCUT2D eigenvalue weighted by molar-refractivity contribution is -0.179. The molecule has 3 fully saturated rings. The highest BCUT2D eigenvalue weighted by molar-refractivity contribution is 5.91. The lowest BCUT2D eigenvalue weighted by atomic mass is 9.57. The van der Waals surface area contributed by atoms with Gasteiger partial charge in [0, 0.05) is 18.4 Å². The van der Waals surface area contributed by atoms with E-state index in [4.69, 9.17) is 9.47 Å². The summed E-state index contributed by atoms with van der Waals surface area (Å²) < 4.78 is 10.8. The third-order valence-corrected chi connectivity index (χ3v) is 7.40. The van der Waals surface area contributed by atoms with Gasteiger partial charge in [0.25, 0.3) is 0 Å². The number of allylic oxidation sites excluding steroid dienone is 1. The number of cyclic esters (lactones) is 2. The lowest BCUT2D eigenvalue weighted by Gasteiger charge is -2.51.